The Morgan fingerprint density at radius 3 is 2.76 bits per heavy atom. The summed E-state index contributed by atoms with van der Waals surface area (Å²) in [5.41, 5.74) is 3.83. The third-order valence-corrected chi connectivity index (χ3v) is 4.78. The Balaban J connectivity index is 1.87. The minimum Gasteiger partial charge on any atom is -0.319 e. The first-order valence-electron chi connectivity index (χ1n) is 7.32. The molecule has 21 heavy (non-hydrogen) atoms. The van der Waals surface area contributed by atoms with Crippen molar-refractivity contribution >= 4 is 21.6 Å². The van der Waals surface area contributed by atoms with E-state index < -0.39 is 0 Å². The lowest BCUT2D eigenvalue weighted by molar-refractivity contribution is 0.624. The second kappa shape index (κ2) is 6.37. The second-order valence-electron chi connectivity index (χ2n) is 5.45. The second-order valence-corrected chi connectivity index (χ2v) is 6.56. The molecular weight excluding hydrogens is 276 g/mol. The van der Waals surface area contributed by atoms with Gasteiger partial charge in [-0.25, -0.2) is 4.98 Å². The number of aromatic nitrogens is 1. The van der Waals surface area contributed by atoms with Gasteiger partial charge in [-0.05, 0) is 31.7 Å². The summed E-state index contributed by atoms with van der Waals surface area (Å²) in [5.74, 6) is 0.468. The molecule has 0 aliphatic heterocycles. The molecule has 3 heteroatoms. The van der Waals surface area contributed by atoms with Crippen LogP contribution in [0.5, 0.6) is 0 Å². The normalized spacial score (nSPS) is 12.7. The minimum atomic E-state index is 0.468. The number of rotatable bonds is 5. The maximum atomic E-state index is 4.77. The van der Waals surface area contributed by atoms with Crippen LogP contribution in [0.25, 0.3) is 10.2 Å². The summed E-state index contributed by atoms with van der Waals surface area (Å²) < 4.78 is 1.28. The van der Waals surface area contributed by atoms with Crippen LogP contribution >= 0.6 is 11.3 Å². The van der Waals surface area contributed by atoms with Gasteiger partial charge in [0.1, 0.15) is 0 Å². The number of hydrogen-bond donors (Lipinski definition) is 1. The first kappa shape index (κ1) is 14.2. The molecule has 0 saturated carbocycles. The largest absolute Gasteiger partial charge is 0.319 e. The van der Waals surface area contributed by atoms with Gasteiger partial charge in [-0.2, -0.15) is 0 Å². The lowest BCUT2D eigenvalue weighted by atomic mass is 9.94. The predicted octanol–water partition coefficient (Wildman–Crippen LogP) is 4.15. The molecule has 0 fully saturated rings. The van der Waals surface area contributed by atoms with Crippen molar-refractivity contribution in [2.24, 2.45) is 0 Å². The van der Waals surface area contributed by atoms with E-state index in [9.17, 15) is 0 Å². The number of para-hydroxylation sites is 1. The van der Waals surface area contributed by atoms with Gasteiger partial charge in [0.2, 0.25) is 0 Å². The van der Waals surface area contributed by atoms with Crippen molar-refractivity contribution in [2.75, 3.05) is 13.6 Å². The van der Waals surface area contributed by atoms with E-state index in [1.165, 1.54) is 20.8 Å². The number of likely N-dealkylation sites (N-methyl/N-ethyl adjacent to an activating group) is 1. The summed E-state index contributed by atoms with van der Waals surface area (Å²) in [6, 6.07) is 17.2. The number of aryl methyl sites for hydroxylation is 1. The van der Waals surface area contributed by atoms with Gasteiger partial charge in [0.15, 0.2) is 0 Å². The Hall–Kier alpha value is -1.71. The van der Waals surface area contributed by atoms with Crippen molar-refractivity contribution in [2.45, 2.75) is 19.3 Å². The molecule has 3 aromatic rings. The van der Waals surface area contributed by atoms with Crippen molar-refractivity contribution in [1.82, 2.24) is 10.3 Å². The molecule has 2 nitrogen and oxygen atoms in total. The van der Waals surface area contributed by atoms with E-state index >= 15 is 0 Å². The molecule has 2 aromatic carbocycles. The predicted molar refractivity (Wildman–Crippen MR) is 91.2 cm³/mol. The van der Waals surface area contributed by atoms with Crippen LogP contribution in [0.3, 0.4) is 0 Å². The van der Waals surface area contributed by atoms with Gasteiger partial charge < -0.3 is 5.32 Å². The van der Waals surface area contributed by atoms with Crippen LogP contribution in [0.4, 0.5) is 0 Å². The molecule has 3 rings (SSSR count). The number of hydrogen-bond acceptors (Lipinski definition) is 3. The molecule has 0 aliphatic rings. The summed E-state index contributed by atoms with van der Waals surface area (Å²) in [6.45, 7) is 3.12. The Labute approximate surface area is 129 Å². The minimum absolute atomic E-state index is 0.468. The first-order valence-corrected chi connectivity index (χ1v) is 8.13. The van der Waals surface area contributed by atoms with E-state index in [1.54, 1.807) is 0 Å². The van der Waals surface area contributed by atoms with Crippen LogP contribution < -0.4 is 5.32 Å². The summed E-state index contributed by atoms with van der Waals surface area (Å²) >= 11 is 1.81. The van der Waals surface area contributed by atoms with Gasteiger partial charge in [0, 0.05) is 18.9 Å². The maximum Gasteiger partial charge on any atom is 0.0945 e. The summed E-state index contributed by atoms with van der Waals surface area (Å²) in [6.07, 6.45) is 0.990. The summed E-state index contributed by atoms with van der Waals surface area (Å²) in [5, 5.41) is 4.54. The zero-order valence-corrected chi connectivity index (χ0v) is 13.3. The molecule has 0 amide bonds. The maximum absolute atomic E-state index is 4.77. The van der Waals surface area contributed by atoms with Gasteiger partial charge in [0.05, 0.1) is 15.2 Å². The quantitative estimate of drug-likeness (QED) is 0.765. The van der Waals surface area contributed by atoms with Gasteiger partial charge in [0.25, 0.3) is 0 Å². The zero-order chi connectivity index (χ0) is 14.7. The molecule has 1 atom stereocenters. The Kier molecular flexibility index (Phi) is 4.32. The van der Waals surface area contributed by atoms with Gasteiger partial charge in [-0.1, -0.05) is 42.0 Å². The lowest BCUT2D eigenvalue weighted by Crippen LogP contribution is -2.19. The molecule has 0 aliphatic carbocycles. The number of benzene rings is 2. The first-order chi connectivity index (χ1) is 10.3. The summed E-state index contributed by atoms with van der Waals surface area (Å²) in [7, 11) is 2.02. The highest BCUT2D eigenvalue weighted by atomic mass is 32.1. The Morgan fingerprint density at radius 2 is 2.00 bits per heavy atom. The van der Waals surface area contributed by atoms with Crippen molar-refractivity contribution < 1.29 is 0 Å². The molecule has 0 radical (unpaired) electrons. The van der Waals surface area contributed by atoms with Crippen LogP contribution in [-0.4, -0.2) is 18.6 Å². The molecule has 1 N–H and O–H groups in total. The monoisotopic (exact) mass is 296 g/mol. The number of nitrogens with one attached hydrogen (secondary N) is 1. The third kappa shape index (κ3) is 3.31. The van der Waals surface area contributed by atoms with Crippen LogP contribution in [0.1, 0.15) is 22.1 Å². The average Bonchev–Trinajstić information content (AvgIpc) is 2.89. The molecule has 0 saturated heterocycles. The van der Waals surface area contributed by atoms with Gasteiger partial charge in [-0.3, -0.25) is 0 Å². The molecule has 1 unspecified atom stereocenters. The van der Waals surface area contributed by atoms with Crippen molar-refractivity contribution in [3.8, 4) is 0 Å². The third-order valence-electron chi connectivity index (χ3n) is 3.72. The average molecular weight is 296 g/mol. The van der Waals surface area contributed by atoms with E-state index in [1.807, 2.05) is 18.4 Å². The lowest BCUT2D eigenvalue weighted by Gasteiger charge is -2.16. The van der Waals surface area contributed by atoms with Gasteiger partial charge in [-0.15, -0.1) is 11.3 Å². The summed E-state index contributed by atoms with van der Waals surface area (Å²) in [4.78, 5) is 4.77. The molecule has 0 spiro atoms. The fraction of sp³-hybridized carbons (Fsp3) is 0.278. The van der Waals surface area contributed by atoms with Crippen LogP contribution in [0.15, 0.2) is 48.5 Å². The van der Waals surface area contributed by atoms with E-state index in [2.05, 4.69) is 60.8 Å². The fourth-order valence-corrected chi connectivity index (χ4v) is 3.74. The Bertz CT molecular complexity index is 700. The van der Waals surface area contributed by atoms with Crippen molar-refractivity contribution in [1.29, 1.82) is 0 Å². The topological polar surface area (TPSA) is 24.9 Å². The SMILES string of the molecule is CNCC(Cc1nc2ccccc2s1)c1cccc(C)c1. The number of fused-ring (bicyclic) bond motifs is 1. The fourth-order valence-electron chi connectivity index (χ4n) is 2.70. The highest BCUT2D eigenvalue weighted by molar-refractivity contribution is 7.18. The van der Waals surface area contributed by atoms with Crippen LogP contribution in [0, 0.1) is 6.92 Å². The molecule has 108 valence electrons. The molecular formula is C18H20N2S. The van der Waals surface area contributed by atoms with E-state index in [0.29, 0.717) is 5.92 Å². The molecule has 1 aromatic heterocycles. The van der Waals surface area contributed by atoms with Gasteiger partial charge >= 0.3 is 0 Å². The zero-order valence-electron chi connectivity index (χ0n) is 12.5. The number of nitrogens with zero attached hydrogens (tertiary/aromatic N) is 1. The smallest absolute Gasteiger partial charge is 0.0945 e. The van der Waals surface area contributed by atoms with Crippen LogP contribution in [0.2, 0.25) is 0 Å². The van der Waals surface area contributed by atoms with Crippen molar-refractivity contribution in [3.63, 3.8) is 0 Å². The number of thiazole rings is 1. The highest BCUT2D eigenvalue weighted by Gasteiger charge is 2.14. The Morgan fingerprint density at radius 1 is 1.14 bits per heavy atom. The van der Waals surface area contributed by atoms with E-state index in [0.717, 1.165) is 18.5 Å². The molecule has 1 heterocycles. The van der Waals surface area contributed by atoms with E-state index in [4.69, 9.17) is 4.98 Å². The molecule has 0 bridgehead atoms. The standard InChI is InChI=1S/C18H20N2S/c1-13-6-5-7-14(10-13)15(12-19-2)11-18-20-16-8-3-4-9-17(16)21-18/h3-10,15,19H,11-12H2,1-2H3. The van der Waals surface area contributed by atoms with E-state index in [-0.39, 0.29) is 0 Å². The highest BCUT2D eigenvalue weighted by Crippen LogP contribution is 2.27. The van der Waals surface area contributed by atoms with Crippen LogP contribution in [-0.2, 0) is 6.42 Å². The van der Waals surface area contributed by atoms with Crippen molar-refractivity contribution in [3.05, 3.63) is 64.7 Å².